The minimum atomic E-state index is -3.47. The van der Waals surface area contributed by atoms with Gasteiger partial charge in [-0.25, -0.2) is 18.1 Å². The molecule has 4 rings (SSSR count). The van der Waals surface area contributed by atoms with E-state index in [4.69, 9.17) is 0 Å². The first-order valence-corrected chi connectivity index (χ1v) is 11.9. The summed E-state index contributed by atoms with van der Waals surface area (Å²) in [5.74, 6) is 0.302. The summed E-state index contributed by atoms with van der Waals surface area (Å²) in [5, 5.41) is 5.53. The third-order valence-electron chi connectivity index (χ3n) is 5.82. The van der Waals surface area contributed by atoms with Gasteiger partial charge in [0.25, 0.3) is 0 Å². The van der Waals surface area contributed by atoms with Gasteiger partial charge in [-0.2, -0.15) is 5.10 Å². The van der Waals surface area contributed by atoms with Crippen LogP contribution in [0, 0.1) is 19.8 Å². The maximum absolute atomic E-state index is 12.6. The smallest absolute Gasteiger partial charge is 0.240 e. The lowest BCUT2D eigenvalue weighted by Crippen LogP contribution is -2.40. The van der Waals surface area contributed by atoms with Crippen LogP contribution in [-0.2, 0) is 23.6 Å². The van der Waals surface area contributed by atoms with Crippen LogP contribution in [-0.4, -0.2) is 47.7 Å². The molecule has 1 atom stereocenters. The van der Waals surface area contributed by atoms with Crippen LogP contribution < -0.4 is 4.72 Å². The van der Waals surface area contributed by atoms with Gasteiger partial charge in [0.2, 0.25) is 10.0 Å². The van der Waals surface area contributed by atoms with Gasteiger partial charge in [-0.3, -0.25) is 9.58 Å². The summed E-state index contributed by atoms with van der Waals surface area (Å²) in [4.78, 5) is 7.29. The maximum Gasteiger partial charge on any atom is 0.240 e. The van der Waals surface area contributed by atoms with Gasteiger partial charge in [0.05, 0.1) is 10.6 Å². The summed E-state index contributed by atoms with van der Waals surface area (Å²) in [6.45, 7) is 7.13. The average Bonchev–Trinajstić information content (AvgIpc) is 3.00. The fourth-order valence-electron chi connectivity index (χ4n) is 4.19. The van der Waals surface area contributed by atoms with E-state index in [0.29, 0.717) is 17.4 Å². The molecule has 0 aliphatic carbocycles. The van der Waals surface area contributed by atoms with Crippen molar-refractivity contribution in [2.45, 2.75) is 38.1 Å². The molecule has 1 saturated heterocycles. The number of nitrogens with zero attached hydrogens (tertiary/aromatic N) is 4. The summed E-state index contributed by atoms with van der Waals surface area (Å²) in [7, 11) is -1.56. The highest BCUT2D eigenvalue weighted by molar-refractivity contribution is 7.89. The number of rotatable bonds is 6. The molecule has 0 amide bonds. The molecule has 3 heterocycles. The van der Waals surface area contributed by atoms with Crippen LogP contribution in [0.15, 0.2) is 41.4 Å². The number of fused-ring (bicyclic) bond motifs is 1. The molecule has 0 radical (unpaired) electrons. The van der Waals surface area contributed by atoms with Crippen LogP contribution in [0.25, 0.3) is 11.0 Å². The lowest BCUT2D eigenvalue weighted by Gasteiger charge is -2.32. The predicted octanol–water partition coefficient (Wildman–Crippen LogP) is 2.78. The number of aromatic nitrogens is 3. The molecule has 160 valence electrons. The number of hydrogen-bond donors (Lipinski definition) is 1. The number of aryl methyl sites for hydroxylation is 3. The number of pyridine rings is 1. The highest BCUT2D eigenvalue weighted by atomic mass is 32.2. The fourth-order valence-corrected chi connectivity index (χ4v) is 5.30. The van der Waals surface area contributed by atoms with Crippen molar-refractivity contribution in [3.05, 3.63) is 53.3 Å². The summed E-state index contributed by atoms with van der Waals surface area (Å²) < 4.78 is 29.8. The van der Waals surface area contributed by atoms with Crippen LogP contribution in [0.4, 0.5) is 0 Å². The van der Waals surface area contributed by atoms with Gasteiger partial charge in [0.1, 0.15) is 0 Å². The van der Waals surface area contributed by atoms with Crippen LogP contribution in [0.1, 0.15) is 29.7 Å². The molecule has 7 nitrogen and oxygen atoms in total. The topological polar surface area (TPSA) is 80.1 Å². The minimum absolute atomic E-state index is 0.302. The zero-order valence-corrected chi connectivity index (χ0v) is 18.6. The van der Waals surface area contributed by atoms with E-state index < -0.39 is 10.0 Å². The average molecular weight is 428 g/mol. The first-order chi connectivity index (χ1) is 14.3. The Kier molecular flexibility index (Phi) is 5.90. The van der Waals surface area contributed by atoms with E-state index in [1.165, 1.54) is 5.56 Å². The molecule has 1 aliphatic heterocycles. The van der Waals surface area contributed by atoms with E-state index in [9.17, 15) is 8.42 Å². The van der Waals surface area contributed by atoms with Crippen LogP contribution >= 0.6 is 0 Å². The lowest BCUT2D eigenvalue weighted by atomic mass is 9.98. The SMILES string of the molecule is Cc1ccc(S(=O)(=O)NCC2CCCN(Cc3cnc4c(c3)c(C)nn4C)C2)cc1. The van der Waals surface area contributed by atoms with Gasteiger partial charge in [0, 0.05) is 38.3 Å². The summed E-state index contributed by atoms with van der Waals surface area (Å²) in [6, 6.07) is 9.15. The Morgan fingerprint density at radius 1 is 1.20 bits per heavy atom. The second-order valence-electron chi connectivity index (χ2n) is 8.33. The summed E-state index contributed by atoms with van der Waals surface area (Å²) in [5.41, 5.74) is 4.10. The third kappa shape index (κ3) is 4.55. The standard InChI is InChI=1S/C22H29N5O2S/c1-16-6-8-20(9-7-16)30(28,29)24-13-18-5-4-10-27(14-18)15-19-11-21-17(2)25-26(3)22(21)23-12-19/h6-9,11-12,18,24H,4-5,10,13-15H2,1-3H3. The molecule has 0 spiro atoms. The molecule has 30 heavy (non-hydrogen) atoms. The number of nitrogens with one attached hydrogen (secondary N) is 1. The normalized spacial score (nSPS) is 18.2. The molecule has 2 aromatic heterocycles. The predicted molar refractivity (Wildman–Crippen MR) is 118 cm³/mol. The molecule has 1 unspecified atom stereocenters. The Labute approximate surface area is 178 Å². The van der Waals surface area contributed by atoms with Crippen molar-refractivity contribution in [1.29, 1.82) is 0 Å². The van der Waals surface area contributed by atoms with Crippen molar-refractivity contribution in [3.63, 3.8) is 0 Å². The van der Waals surface area contributed by atoms with E-state index >= 15 is 0 Å². The zero-order chi connectivity index (χ0) is 21.3. The Balaban J connectivity index is 1.37. The summed E-state index contributed by atoms with van der Waals surface area (Å²) in [6.07, 6.45) is 4.03. The third-order valence-corrected chi connectivity index (χ3v) is 7.26. The van der Waals surface area contributed by atoms with Gasteiger partial charge in [0.15, 0.2) is 5.65 Å². The number of hydrogen-bond acceptors (Lipinski definition) is 5. The van der Waals surface area contributed by atoms with Crippen LogP contribution in [0.3, 0.4) is 0 Å². The Bertz CT molecular complexity index is 1140. The number of sulfonamides is 1. The van der Waals surface area contributed by atoms with Gasteiger partial charge in [-0.05, 0) is 62.9 Å². The lowest BCUT2D eigenvalue weighted by molar-refractivity contribution is 0.169. The van der Waals surface area contributed by atoms with Crippen molar-refractivity contribution in [2.75, 3.05) is 19.6 Å². The molecule has 1 fully saturated rings. The monoisotopic (exact) mass is 427 g/mol. The number of benzene rings is 1. The second-order valence-corrected chi connectivity index (χ2v) is 10.1. The van der Waals surface area contributed by atoms with Crippen molar-refractivity contribution in [2.24, 2.45) is 13.0 Å². The molecule has 1 aliphatic rings. The quantitative estimate of drug-likeness (QED) is 0.654. The zero-order valence-electron chi connectivity index (χ0n) is 17.8. The van der Waals surface area contributed by atoms with E-state index in [0.717, 1.165) is 54.8 Å². The Morgan fingerprint density at radius 2 is 1.97 bits per heavy atom. The fraction of sp³-hybridized carbons (Fsp3) is 0.455. The Morgan fingerprint density at radius 3 is 2.73 bits per heavy atom. The molecule has 0 bridgehead atoms. The van der Waals surface area contributed by atoms with Crippen molar-refractivity contribution in [3.8, 4) is 0 Å². The van der Waals surface area contributed by atoms with E-state index in [1.54, 1.807) is 12.1 Å². The van der Waals surface area contributed by atoms with Crippen LogP contribution in [0.2, 0.25) is 0 Å². The molecule has 1 N–H and O–H groups in total. The first kappa shape index (κ1) is 21.0. The highest BCUT2D eigenvalue weighted by Crippen LogP contribution is 2.21. The number of piperidine rings is 1. The van der Waals surface area contributed by atoms with Crippen molar-refractivity contribution >= 4 is 21.1 Å². The maximum atomic E-state index is 12.6. The van der Waals surface area contributed by atoms with Crippen LogP contribution in [0.5, 0.6) is 0 Å². The van der Waals surface area contributed by atoms with Crippen molar-refractivity contribution < 1.29 is 8.42 Å². The molecule has 3 aromatic rings. The minimum Gasteiger partial charge on any atom is -0.299 e. The Hall–Kier alpha value is -2.29. The first-order valence-electron chi connectivity index (χ1n) is 10.4. The molecule has 0 saturated carbocycles. The summed E-state index contributed by atoms with van der Waals surface area (Å²) >= 11 is 0. The second kappa shape index (κ2) is 8.45. The van der Waals surface area contributed by atoms with Crippen molar-refractivity contribution in [1.82, 2.24) is 24.4 Å². The molecular weight excluding hydrogens is 398 g/mol. The largest absolute Gasteiger partial charge is 0.299 e. The number of likely N-dealkylation sites (tertiary alicyclic amines) is 1. The van der Waals surface area contributed by atoms with Gasteiger partial charge in [-0.15, -0.1) is 0 Å². The van der Waals surface area contributed by atoms with E-state index in [1.807, 2.05) is 43.9 Å². The van der Waals surface area contributed by atoms with Gasteiger partial charge in [-0.1, -0.05) is 17.7 Å². The van der Waals surface area contributed by atoms with E-state index in [-0.39, 0.29) is 0 Å². The molecule has 1 aromatic carbocycles. The molecular formula is C22H29N5O2S. The van der Waals surface area contributed by atoms with Gasteiger partial charge >= 0.3 is 0 Å². The van der Waals surface area contributed by atoms with E-state index in [2.05, 4.69) is 25.8 Å². The van der Waals surface area contributed by atoms with Gasteiger partial charge < -0.3 is 0 Å². The molecule has 8 heteroatoms. The highest BCUT2D eigenvalue weighted by Gasteiger charge is 2.23.